The van der Waals surface area contributed by atoms with Gasteiger partial charge in [-0.1, -0.05) is 23.5 Å². The molecule has 4 nitrogen and oxygen atoms in total. The number of carbonyl (C=O) groups excluding carboxylic acids is 1. The smallest absolute Gasteiger partial charge is 0.368 e. The van der Waals surface area contributed by atoms with Crippen molar-refractivity contribution in [2.45, 2.75) is 12.2 Å². The Kier molecular flexibility index (Phi) is 4.34. The van der Waals surface area contributed by atoms with Crippen LogP contribution in [0.25, 0.3) is 10.2 Å². The van der Waals surface area contributed by atoms with E-state index in [2.05, 4.69) is 10.3 Å². The van der Waals surface area contributed by atoms with Crippen LogP contribution >= 0.6 is 11.3 Å². The van der Waals surface area contributed by atoms with Crippen LogP contribution in [0.1, 0.15) is 17.2 Å². The number of amides is 1. The molecule has 1 heterocycles. The maximum absolute atomic E-state index is 13.0. The summed E-state index contributed by atoms with van der Waals surface area (Å²) in [5.74, 6) is -1.19. The number of rotatable bonds is 4. The van der Waals surface area contributed by atoms with E-state index in [1.807, 2.05) is 0 Å². The van der Waals surface area contributed by atoms with E-state index >= 15 is 0 Å². The molecule has 0 bridgehead atoms. The topological polar surface area (TPSA) is 68.0 Å². The first kappa shape index (κ1) is 17.2. The van der Waals surface area contributed by atoms with E-state index in [0.29, 0.717) is 10.3 Å². The fourth-order valence-corrected chi connectivity index (χ4v) is 3.14. The van der Waals surface area contributed by atoms with Crippen LogP contribution in [0.4, 0.5) is 22.7 Å². The molecule has 1 amide bonds. The molecule has 9 heteroatoms. The highest BCUT2D eigenvalue weighted by molar-refractivity contribution is 7.22. The molecule has 0 saturated heterocycles. The zero-order chi connectivity index (χ0) is 18.2. The standard InChI is InChI=1S/C16H11F4N3OS/c17-10-4-1-8(2-5-10)13(14(21)24)23-15-22-11-7-9(16(18,19)20)3-6-12(11)25-15/h1-7,13H,(H2,21,24)(H,22,23). The molecule has 0 aliphatic rings. The van der Waals surface area contributed by atoms with Gasteiger partial charge in [0.25, 0.3) is 0 Å². The predicted molar refractivity (Wildman–Crippen MR) is 86.6 cm³/mol. The molecular weight excluding hydrogens is 358 g/mol. The minimum absolute atomic E-state index is 0.157. The van der Waals surface area contributed by atoms with E-state index in [1.165, 1.54) is 30.3 Å². The summed E-state index contributed by atoms with van der Waals surface area (Å²) >= 11 is 1.09. The number of hydrogen-bond donors (Lipinski definition) is 2. The molecule has 1 unspecified atom stereocenters. The average molecular weight is 369 g/mol. The normalized spacial score (nSPS) is 13.0. The number of halogens is 4. The maximum atomic E-state index is 13.0. The number of benzene rings is 2. The summed E-state index contributed by atoms with van der Waals surface area (Å²) in [6.45, 7) is 0. The molecule has 3 rings (SSSR count). The summed E-state index contributed by atoms with van der Waals surface area (Å²) in [4.78, 5) is 15.8. The van der Waals surface area contributed by atoms with Gasteiger partial charge in [0.2, 0.25) is 5.91 Å². The van der Waals surface area contributed by atoms with Crippen LogP contribution in [0, 0.1) is 5.82 Å². The van der Waals surface area contributed by atoms with Gasteiger partial charge in [-0.3, -0.25) is 4.79 Å². The van der Waals surface area contributed by atoms with E-state index < -0.39 is 29.5 Å². The minimum atomic E-state index is -4.46. The minimum Gasteiger partial charge on any atom is -0.368 e. The number of nitrogens with zero attached hydrogens (tertiary/aromatic N) is 1. The Morgan fingerprint density at radius 3 is 2.44 bits per heavy atom. The van der Waals surface area contributed by atoms with E-state index in [4.69, 9.17) is 5.73 Å². The van der Waals surface area contributed by atoms with Gasteiger partial charge in [-0.05, 0) is 35.9 Å². The first-order chi connectivity index (χ1) is 11.7. The zero-order valence-corrected chi connectivity index (χ0v) is 13.3. The highest BCUT2D eigenvalue weighted by atomic mass is 32.1. The zero-order valence-electron chi connectivity index (χ0n) is 12.5. The number of hydrogen-bond acceptors (Lipinski definition) is 4. The summed E-state index contributed by atoms with van der Waals surface area (Å²) in [7, 11) is 0. The molecule has 0 aliphatic heterocycles. The lowest BCUT2D eigenvalue weighted by Crippen LogP contribution is -2.27. The number of nitrogens with two attached hydrogens (primary N) is 1. The van der Waals surface area contributed by atoms with Crippen molar-refractivity contribution >= 4 is 32.6 Å². The summed E-state index contributed by atoms with van der Waals surface area (Å²) in [5, 5.41) is 3.03. The molecule has 3 N–H and O–H groups in total. The number of carbonyl (C=O) groups is 1. The molecule has 0 saturated carbocycles. The summed E-state index contributed by atoms with van der Waals surface area (Å²) in [6.07, 6.45) is -4.46. The van der Waals surface area contributed by atoms with Crippen molar-refractivity contribution in [1.82, 2.24) is 4.98 Å². The number of anilines is 1. The third-order valence-electron chi connectivity index (χ3n) is 3.47. The van der Waals surface area contributed by atoms with Gasteiger partial charge in [-0.25, -0.2) is 9.37 Å². The van der Waals surface area contributed by atoms with Crippen LogP contribution in [0.3, 0.4) is 0 Å². The highest BCUT2D eigenvalue weighted by Crippen LogP contribution is 2.34. The predicted octanol–water partition coefficient (Wildman–Crippen LogP) is 4.09. The molecule has 3 aromatic rings. The van der Waals surface area contributed by atoms with Crippen LogP contribution in [-0.4, -0.2) is 10.9 Å². The lowest BCUT2D eigenvalue weighted by molar-refractivity contribution is -0.137. The van der Waals surface area contributed by atoms with Gasteiger partial charge in [0, 0.05) is 0 Å². The summed E-state index contributed by atoms with van der Waals surface area (Å²) in [5.41, 5.74) is 5.14. The number of alkyl halides is 3. The monoisotopic (exact) mass is 369 g/mol. The molecule has 25 heavy (non-hydrogen) atoms. The second kappa shape index (κ2) is 6.32. The maximum Gasteiger partial charge on any atom is 0.416 e. The van der Waals surface area contributed by atoms with E-state index in [0.717, 1.165) is 23.5 Å². The van der Waals surface area contributed by atoms with Gasteiger partial charge in [0.15, 0.2) is 5.13 Å². The van der Waals surface area contributed by atoms with Crippen molar-refractivity contribution in [3.05, 3.63) is 59.4 Å². The lowest BCUT2D eigenvalue weighted by atomic mass is 10.1. The second-order valence-corrected chi connectivity index (χ2v) is 6.26. The SMILES string of the molecule is NC(=O)C(Nc1nc2cc(C(F)(F)F)ccc2s1)c1ccc(F)cc1. The number of aromatic nitrogens is 1. The van der Waals surface area contributed by atoms with Gasteiger partial charge in [0.1, 0.15) is 11.9 Å². The summed E-state index contributed by atoms with van der Waals surface area (Å²) < 4.78 is 51.8. The van der Waals surface area contributed by atoms with Crippen LogP contribution in [0.2, 0.25) is 0 Å². The molecular formula is C16H11F4N3OS. The van der Waals surface area contributed by atoms with Crippen LogP contribution in [0.5, 0.6) is 0 Å². The first-order valence-electron chi connectivity index (χ1n) is 7.03. The Morgan fingerprint density at radius 1 is 1.16 bits per heavy atom. The van der Waals surface area contributed by atoms with Gasteiger partial charge in [-0.2, -0.15) is 13.2 Å². The van der Waals surface area contributed by atoms with Gasteiger partial charge in [0.05, 0.1) is 15.8 Å². The second-order valence-electron chi connectivity index (χ2n) is 5.23. The van der Waals surface area contributed by atoms with Gasteiger partial charge >= 0.3 is 6.18 Å². The quantitative estimate of drug-likeness (QED) is 0.681. The Labute approximate surface area is 143 Å². The van der Waals surface area contributed by atoms with Crippen LogP contribution in [-0.2, 0) is 11.0 Å². The van der Waals surface area contributed by atoms with Crippen molar-refractivity contribution in [2.75, 3.05) is 5.32 Å². The van der Waals surface area contributed by atoms with Crippen molar-refractivity contribution < 1.29 is 22.4 Å². The summed E-state index contributed by atoms with van der Waals surface area (Å²) in [6, 6.07) is 7.40. The molecule has 2 aromatic carbocycles. The number of thiazole rings is 1. The number of fused-ring (bicyclic) bond motifs is 1. The largest absolute Gasteiger partial charge is 0.416 e. The lowest BCUT2D eigenvalue weighted by Gasteiger charge is -2.14. The molecule has 0 fully saturated rings. The average Bonchev–Trinajstić information content (AvgIpc) is 2.94. The van der Waals surface area contributed by atoms with Crippen LogP contribution in [0.15, 0.2) is 42.5 Å². The Balaban J connectivity index is 1.92. The fraction of sp³-hybridized carbons (Fsp3) is 0.125. The van der Waals surface area contributed by atoms with Crippen molar-refractivity contribution in [3.8, 4) is 0 Å². The molecule has 0 radical (unpaired) electrons. The van der Waals surface area contributed by atoms with E-state index in [9.17, 15) is 22.4 Å². The fourth-order valence-electron chi connectivity index (χ4n) is 2.26. The van der Waals surface area contributed by atoms with Crippen molar-refractivity contribution in [3.63, 3.8) is 0 Å². The molecule has 0 aliphatic carbocycles. The van der Waals surface area contributed by atoms with Crippen LogP contribution < -0.4 is 11.1 Å². The first-order valence-corrected chi connectivity index (χ1v) is 7.85. The molecule has 1 aromatic heterocycles. The number of nitrogens with one attached hydrogen (secondary N) is 1. The van der Waals surface area contributed by atoms with Crippen molar-refractivity contribution in [1.29, 1.82) is 0 Å². The van der Waals surface area contributed by atoms with Crippen molar-refractivity contribution in [2.24, 2.45) is 5.73 Å². The molecule has 0 spiro atoms. The Hall–Kier alpha value is -2.68. The molecule has 1 atom stereocenters. The number of primary amides is 1. The van der Waals surface area contributed by atoms with Gasteiger partial charge < -0.3 is 11.1 Å². The van der Waals surface area contributed by atoms with E-state index in [-0.39, 0.29) is 10.6 Å². The highest BCUT2D eigenvalue weighted by Gasteiger charge is 2.31. The third kappa shape index (κ3) is 3.71. The van der Waals surface area contributed by atoms with Gasteiger partial charge in [-0.15, -0.1) is 0 Å². The Bertz CT molecular complexity index is 921. The Morgan fingerprint density at radius 2 is 1.84 bits per heavy atom. The third-order valence-corrected chi connectivity index (χ3v) is 4.44. The molecule has 130 valence electrons. The van der Waals surface area contributed by atoms with E-state index in [1.54, 1.807) is 0 Å².